The molecular formula is C13H17Cl2NO. The van der Waals surface area contributed by atoms with E-state index in [1.165, 1.54) is 0 Å². The maximum Gasteiger partial charge on any atom is 0.0624 e. The van der Waals surface area contributed by atoms with Crippen LogP contribution in [0.4, 0.5) is 0 Å². The molecule has 0 spiro atoms. The van der Waals surface area contributed by atoms with E-state index in [0.717, 1.165) is 25.0 Å². The summed E-state index contributed by atoms with van der Waals surface area (Å²) in [6.45, 7) is 2.83. The van der Waals surface area contributed by atoms with Gasteiger partial charge in [-0.05, 0) is 31.4 Å². The first-order valence-electron chi connectivity index (χ1n) is 5.88. The van der Waals surface area contributed by atoms with Crippen molar-refractivity contribution in [3.8, 4) is 0 Å². The minimum Gasteiger partial charge on any atom is -0.378 e. The van der Waals surface area contributed by atoms with Crippen molar-refractivity contribution in [3.05, 3.63) is 33.8 Å². The Morgan fingerprint density at radius 2 is 2.24 bits per heavy atom. The monoisotopic (exact) mass is 273 g/mol. The Balaban J connectivity index is 2.03. The lowest BCUT2D eigenvalue weighted by molar-refractivity contribution is 0.118. The standard InChI is InChI=1S/C13H17Cl2NO/c1-8-5-10(7-17-8)12(16)6-9-3-2-4-11(14)13(9)15/h2-4,8,10,12H,5-7,16H2,1H3. The van der Waals surface area contributed by atoms with Gasteiger partial charge in [0.2, 0.25) is 0 Å². The van der Waals surface area contributed by atoms with E-state index in [2.05, 4.69) is 6.92 Å². The average Bonchev–Trinajstić information content (AvgIpc) is 2.72. The van der Waals surface area contributed by atoms with Crippen molar-refractivity contribution < 1.29 is 4.74 Å². The first-order valence-corrected chi connectivity index (χ1v) is 6.63. The van der Waals surface area contributed by atoms with Gasteiger partial charge in [0.05, 0.1) is 22.8 Å². The molecule has 2 rings (SSSR count). The molecule has 94 valence electrons. The molecule has 1 fully saturated rings. The zero-order valence-electron chi connectivity index (χ0n) is 9.83. The van der Waals surface area contributed by atoms with E-state index in [4.69, 9.17) is 33.7 Å². The maximum atomic E-state index is 6.21. The van der Waals surface area contributed by atoms with Gasteiger partial charge in [-0.25, -0.2) is 0 Å². The van der Waals surface area contributed by atoms with Gasteiger partial charge in [-0.15, -0.1) is 0 Å². The highest BCUT2D eigenvalue weighted by atomic mass is 35.5. The third kappa shape index (κ3) is 3.14. The summed E-state index contributed by atoms with van der Waals surface area (Å²) in [7, 11) is 0. The van der Waals surface area contributed by atoms with Crippen LogP contribution in [0.2, 0.25) is 10.0 Å². The summed E-state index contributed by atoms with van der Waals surface area (Å²) in [5.74, 6) is 0.417. The van der Waals surface area contributed by atoms with Crippen molar-refractivity contribution in [1.82, 2.24) is 0 Å². The molecule has 1 aliphatic heterocycles. The van der Waals surface area contributed by atoms with Crippen molar-refractivity contribution in [1.29, 1.82) is 0 Å². The number of hydrogen-bond donors (Lipinski definition) is 1. The second-order valence-electron chi connectivity index (χ2n) is 4.72. The van der Waals surface area contributed by atoms with Gasteiger partial charge >= 0.3 is 0 Å². The quantitative estimate of drug-likeness (QED) is 0.918. The van der Waals surface area contributed by atoms with Gasteiger partial charge in [0.15, 0.2) is 0 Å². The molecule has 0 bridgehead atoms. The highest BCUT2D eigenvalue weighted by Crippen LogP contribution is 2.29. The third-order valence-electron chi connectivity index (χ3n) is 3.32. The normalized spacial score (nSPS) is 26.1. The summed E-state index contributed by atoms with van der Waals surface area (Å²) in [5.41, 5.74) is 7.23. The topological polar surface area (TPSA) is 35.2 Å². The summed E-state index contributed by atoms with van der Waals surface area (Å²) in [5, 5.41) is 1.21. The van der Waals surface area contributed by atoms with Crippen LogP contribution in [0.15, 0.2) is 18.2 Å². The summed E-state index contributed by atoms with van der Waals surface area (Å²) in [4.78, 5) is 0. The van der Waals surface area contributed by atoms with Gasteiger partial charge in [-0.3, -0.25) is 0 Å². The molecule has 17 heavy (non-hydrogen) atoms. The van der Waals surface area contributed by atoms with Crippen LogP contribution in [0.5, 0.6) is 0 Å². The summed E-state index contributed by atoms with van der Waals surface area (Å²) < 4.78 is 5.54. The van der Waals surface area contributed by atoms with Crippen molar-refractivity contribution in [3.63, 3.8) is 0 Å². The molecule has 1 saturated heterocycles. The SMILES string of the molecule is CC1CC(C(N)Cc2cccc(Cl)c2Cl)CO1. The third-order valence-corrected chi connectivity index (χ3v) is 4.18. The molecule has 4 heteroatoms. The van der Waals surface area contributed by atoms with Crippen LogP contribution in [-0.4, -0.2) is 18.8 Å². The number of rotatable bonds is 3. The zero-order chi connectivity index (χ0) is 12.4. The average molecular weight is 274 g/mol. The highest BCUT2D eigenvalue weighted by molar-refractivity contribution is 6.42. The fourth-order valence-electron chi connectivity index (χ4n) is 2.28. The molecule has 0 radical (unpaired) electrons. The summed E-state index contributed by atoms with van der Waals surface area (Å²) in [6, 6.07) is 5.76. The molecule has 1 aromatic carbocycles. The van der Waals surface area contributed by atoms with Crippen LogP contribution in [0.25, 0.3) is 0 Å². The van der Waals surface area contributed by atoms with Gasteiger partial charge in [-0.2, -0.15) is 0 Å². The van der Waals surface area contributed by atoms with Crippen molar-refractivity contribution in [2.24, 2.45) is 11.7 Å². The lowest BCUT2D eigenvalue weighted by Crippen LogP contribution is -2.32. The minimum absolute atomic E-state index is 0.0796. The largest absolute Gasteiger partial charge is 0.378 e. The number of ether oxygens (including phenoxy) is 1. The second-order valence-corrected chi connectivity index (χ2v) is 5.51. The Kier molecular flexibility index (Phi) is 4.31. The summed E-state index contributed by atoms with van der Waals surface area (Å²) in [6.07, 6.45) is 2.10. The minimum atomic E-state index is 0.0796. The second kappa shape index (κ2) is 5.57. The molecule has 3 unspecified atom stereocenters. The van der Waals surface area contributed by atoms with Crippen molar-refractivity contribution in [2.45, 2.75) is 31.9 Å². The molecule has 0 amide bonds. The van der Waals surface area contributed by atoms with E-state index in [-0.39, 0.29) is 6.04 Å². The predicted octanol–water partition coefficient (Wildman–Crippen LogP) is 3.29. The highest BCUT2D eigenvalue weighted by Gasteiger charge is 2.27. The van der Waals surface area contributed by atoms with E-state index in [1.54, 1.807) is 6.07 Å². The first-order chi connectivity index (χ1) is 8.08. The predicted molar refractivity (Wildman–Crippen MR) is 71.7 cm³/mol. The molecule has 1 aliphatic rings. The molecule has 2 N–H and O–H groups in total. The molecule has 0 saturated carbocycles. The van der Waals surface area contributed by atoms with Gasteiger partial charge in [-0.1, -0.05) is 35.3 Å². The molecule has 2 nitrogen and oxygen atoms in total. The zero-order valence-corrected chi connectivity index (χ0v) is 11.3. The van der Waals surface area contributed by atoms with Gasteiger partial charge in [0.25, 0.3) is 0 Å². The number of nitrogens with two attached hydrogens (primary N) is 1. The van der Waals surface area contributed by atoms with E-state index in [9.17, 15) is 0 Å². The van der Waals surface area contributed by atoms with Crippen LogP contribution in [0, 0.1) is 5.92 Å². The van der Waals surface area contributed by atoms with Gasteiger partial charge in [0.1, 0.15) is 0 Å². The summed E-state index contributed by atoms with van der Waals surface area (Å²) >= 11 is 12.1. The molecular weight excluding hydrogens is 257 g/mol. The molecule has 1 aromatic rings. The van der Waals surface area contributed by atoms with Crippen molar-refractivity contribution in [2.75, 3.05) is 6.61 Å². The van der Waals surface area contributed by atoms with Crippen LogP contribution < -0.4 is 5.73 Å². The van der Waals surface area contributed by atoms with E-state index in [1.807, 2.05) is 12.1 Å². The fraction of sp³-hybridized carbons (Fsp3) is 0.538. The smallest absolute Gasteiger partial charge is 0.0624 e. The van der Waals surface area contributed by atoms with Gasteiger partial charge < -0.3 is 10.5 Å². The maximum absolute atomic E-state index is 6.21. The first kappa shape index (κ1) is 13.2. The van der Waals surface area contributed by atoms with Crippen LogP contribution in [-0.2, 0) is 11.2 Å². The Labute approximate surface area is 112 Å². The van der Waals surface area contributed by atoms with Crippen LogP contribution in [0.3, 0.4) is 0 Å². The van der Waals surface area contributed by atoms with Crippen LogP contribution in [0.1, 0.15) is 18.9 Å². The van der Waals surface area contributed by atoms with Crippen molar-refractivity contribution >= 4 is 23.2 Å². The Hall–Kier alpha value is -0.280. The van der Waals surface area contributed by atoms with Crippen LogP contribution >= 0.6 is 23.2 Å². The van der Waals surface area contributed by atoms with E-state index >= 15 is 0 Å². The molecule has 0 aliphatic carbocycles. The molecule has 0 aromatic heterocycles. The molecule has 3 atom stereocenters. The Morgan fingerprint density at radius 1 is 1.47 bits per heavy atom. The van der Waals surface area contributed by atoms with E-state index < -0.39 is 0 Å². The van der Waals surface area contributed by atoms with Gasteiger partial charge in [0, 0.05) is 12.0 Å². The number of halogens is 2. The molecule has 1 heterocycles. The Bertz CT molecular complexity index is 397. The van der Waals surface area contributed by atoms with E-state index in [0.29, 0.717) is 22.1 Å². The fourth-order valence-corrected chi connectivity index (χ4v) is 2.67. The number of benzene rings is 1. The lowest BCUT2D eigenvalue weighted by atomic mass is 9.92. The lowest BCUT2D eigenvalue weighted by Gasteiger charge is -2.18. The Morgan fingerprint density at radius 3 is 2.88 bits per heavy atom. The number of hydrogen-bond acceptors (Lipinski definition) is 2.